The van der Waals surface area contributed by atoms with E-state index >= 15 is 0 Å². The van der Waals surface area contributed by atoms with Crippen molar-refractivity contribution < 1.29 is 9.53 Å². The Balaban J connectivity index is 2.08. The van der Waals surface area contributed by atoms with Crippen LogP contribution in [0.4, 0.5) is 5.69 Å². The summed E-state index contributed by atoms with van der Waals surface area (Å²) in [5.41, 5.74) is 1.77. The molecule has 0 radical (unpaired) electrons. The highest BCUT2D eigenvalue weighted by Crippen LogP contribution is 2.30. The van der Waals surface area contributed by atoms with Gasteiger partial charge in [-0.15, -0.1) is 0 Å². The quantitative estimate of drug-likeness (QED) is 0.763. The van der Waals surface area contributed by atoms with Crippen molar-refractivity contribution in [1.82, 2.24) is 4.98 Å². The van der Waals surface area contributed by atoms with Gasteiger partial charge in [0.15, 0.2) is 0 Å². The zero-order chi connectivity index (χ0) is 18.7. The molecule has 0 aliphatic carbocycles. The third kappa shape index (κ3) is 3.47. The molecule has 0 saturated heterocycles. The van der Waals surface area contributed by atoms with Gasteiger partial charge in [-0.05, 0) is 29.7 Å². The van der Waals surface area contributed by atoms with Crippen molar-refractivity contribution in [3.63, 3.8) is 0 Å². The minimum Gasteiger partial charge on any atom is -0.495 e. The fraction of sp³-hybridized carbons (Fsp3) is 0.238. The molecular weight excluding hydrogens is 328 g/mol. The molecule has 3 aromatic rings. The van der Waals surface area contributed by atoms with Crippen molar-refractivity contribution >= 4 is 22.5 Å². The maximum atomic E-state index is 12.8. The van der Waals surface area contributed by atoms with Gasteiger partial charge < -0.3 is 14.6 Å². The van der Waals surface area contributed by atoms with Crippen molar-refractivity contribution in [3.05, 3.63) is 70.5 Å². The number of nitrogens with one attached hydrogen (secondary N) is 1. The van der Waals surface area contributed by atoms with Crippen LogP contribution in [-0.2, 0) is 11.3 Å². The zero-order valence-corrected chi connectivity index (χ0v) is 15.2. The van der Waals surface area contributed by atoms with E-state index in [1.54, 1.807) is 18.1 Å². The first-order valence-corrected chi connectivity index (χ1v) is 8.56. The second kappa shape index (κ2) is 7.44. The molecular formula is C21H22N2O3. The van der Waals surface area contributed by atoms with Crippen LogP contribution in [0.1, 0.15) is 19.4 Å². The van der Waals surface area contributed by atoms with Gasteiger partial charge in [0.25, 0.3) is 5.56 Å². The lowest BCUT2D eigenvalue weighted by molar-refractivity contribution is -0.121. The van der Waals surface area contributed by atoms with Gasteiger partial charge in [0, 0.05) is 17.0 Å². The van der Waals surface area contributed by atoms with E-state index in [1.165, 1.54) is 0 Å². The van der Waals surface area contributed by atoms with Gasteiger partial charge in [-0.3, -0.25) is 9.59 Å². The Morgan fingerprint density at radius 2 is 1.81 bits per heavy atom. The van der Waals surface area contributed by atoms with Crippen molar-refractivity contribution in [2.24, 2.45) is 5.92 Å². The number of anilines is 1. The number of aromatic amines is 1. The van der Waals surface area contributed by atoms with Crippen LogP contribution in [-0.4, -0.2) is 18.0 Å². The van der Waals surface area contributed by atoms with E-state index in [9.17, 15) is 9.59 Å². The van der Waals surface area contributed by atoms with E-state index in [-0.39, 0.29) is 23.9 Å². The molecule has 26 heavy (non-hydrogen) atoms. The number of methoxy groups -OCH3 is 1. The minimum absolute atomic E-state index is 0.0675. The number of hydrogen-bond acceptors (Lipinski definition) is 3. The average molecular weight is 350 g/mol. The second-order valence-electron chi connectivity index (χ2n) is 6.46. The number of ether oxygens (including phenoxy) is 1. The Morgan fingerprint density at radius 1 is 1.12 bits per heavy atom. The van der Waals surface area contributed by atoms with E-state index in [4.69, 9.17) is 4.74 Å². The lowest BCUT2D eigenvalue weighted by Crippen LogP contribution is -2.35. The zero-order valence-electron chi connectivity index (χ0n) is 15.2. The summed E-state index contributed by atoms with van der Waals surface area (Å²) in [6, 6.07) is 16.8. The SMILES string of the molecule is COc1ccccc1N(Cc1cc2ccccc2[nH]c1=O)C(=O)C(C)C. The van der Waals surface area contributed by atoms with Crippen LogP contribution in [0.3, 0.4) is 0 Å². The molecule has 3 rings (SSSR count). The lowest BCUT2D eigenvalue weighted by Gasteiger charge is -2.26. The summed E-state index contributed by atoms with van der Waals surface area (Å²) in [6.07, 6.45) is 0. The van der Waals surface area contributed by atoms with Crippen LogP contribution >= 0.6 is 0 Å². The summed E-state index contributed by atoms with van der Waals surface area (Å²) in [6.45, 7) is 3.86. The minimum atomic E-state index is -0.209. The first kappa shape index (κ1) is 17.7. The second-order valence-corrected chi connectivity index (χ2v) is 6.46. The monoisotopic (exact) mass is 350 g/mol. The molecule has 0 aliphatic rings. The number of H-pyrrole nitrogens is 1. The fourth-order valence-electron chi connectivity index (χ4n) is 2.93. The number of para-hydroxylation sites is 3. The molecule has 1 N–H and O–H groups in total. The molecule has 0 aliphatic heterocycles. The standard InChI is InChI=1S/C21H22N2O3/c1-14(2)21(25)23(18-10-6-7-11-19(18)26-3)13-16-12-15-8-4-5-9-17(15)22-20(16)24/h4-12,14H,13H2,1-3H3,(H,22,24). The maximum Gasteiger partial charge on any atom is 0.253 e. The van der Waals surface area contributed by atoms with E-state index in [0.717, 1.165) is 10.9 Å². The van der Waals surface area contributed by atoms with Crippen LogP contribution < -0.4 is 15.2 Å². The number of hydrogen-bond donors (Lipinski definition) is 1. The average Bonchev–Trinajstić information content (AvgIpc) is 2.65. The smallest absolute Gasteiger partial charge is 0.253 e. The van der Waals surface area contributed by atoms with Crippen LogP contribution in [0, 0.1) is 5.92 Å². The number of rotatable bonds is 5. The largest absolute Gasteiger partial charge is 0.495 e. The highest BCUT2D eigenvalue weighted by molar-refractivity contribution is 5.96. The van der Waals surface area contributed by atoms with Gasteiger partial charge in [-0.25, -0.2) is 0 Å². The summed E-state index contributed by atoms with van der Waals surface area (Å²) < 4.78 is 5.41. The molecule has 0 saturated carbocycles. The Hall–Kier alpha value is -3.08. The first-order valence-electron chi connectivity index (χ1n) is 8.56. The molecule has 5 heteroatoms. The normalized spacial score (nSPS) is 10.9. The van der Waals surface area contributed by atoms with Crippen LogP contribution in [0.2, 0.25) is 0 Å². The molecule has 0 atom stereocenters. The van der Waals surface area contributed by atoms with E-state index < -0.39 is 0 Å². The molecule has 1 heterocycles. The van der Waals surface area contributed by atoms with Gasteiger partial charge in [0.1, 0.15) is 5.75 Å². The summed E-state index contributed by atoms with van der Waals surface area (Å²) in [5, 5.41) is 0.930. The molecule has 0 bridgehead atoms. The fourth-order valence-corrected chi connectivity index (χ4v) is 2.93. The number of carbonyl (C=O) groups is 1. The van der Waals surface area contributed by atoms with Crippen molar-refractivity contribution in [1.29, 1.82) is 0 Å². The highest BCUT2D eigenvalue weighted by Gasteiger charge is 2.23. The maximum absolute atomic E-state index is 12.8. The first-order chi connectivity index (χ1) is 12.5. The number of pyridine rings is 1. The van der Waals surface area contributed by atoms with Gasteiger partial charge >= 0.3 is 0 Å². The predicted molar refractivity (Wildman–Crippen MR) is 104 cm³/mol. The van der Waals surface area contributed by atoms with Gasteiger partial charge in [0.2, 0.25) is 5.91 Å². The van der Waals surface area contributed by atoms with Gasteiger partial charge in [-0.2, -0.15) is 0 Å². The number of amides is 1. The van der Waals surface area contributed by atoms with Gasteiger partial charge in [0.05, 0.1) is 19.3 Å². The number of carbonyl (C=O) groups excluding carboxylic acids is 1. The van der Waals surface area contributed by atoms with Crippen LogP contribution in [0.25, 0.3) is 10.9 Å². The Morgan fingerprint density at radius 3 is 2.54 bits per heavy atom. The number of benzene rings is 2. The summed E-state index contributed by atoms with van der Waals surface area (Å²) in [4.78, 5) is 29.9. The van der Waals surface area contributed by atoms with Crippen LogP contribution in [0.5, 0.6) is 5.75 Å². The van der Waals surface area contributed by atoms with Crippen molar-refractivity contribution in [3.8, 4) is 5.75 Å². The number of aromatic nitrogens is 1. The van der Waals surface area contributed by atoms with E-state index in [0.29, 0.717) is 17.0 Å². The number of nitrogens with zero attached hydrogens (tertiary/aromatic N) is 1. The summed E-state index contributed by atoms with van der Waals surface area (Å²) >= 11 is 0. The molecule has 5 nitrogen and oxygen atoms in total. The van der Waals surface area contributed by atoms with Gasteiger partial charge in [-0.1, -0.05) is 44.2 Å². The Bertz CT molecular complexity index is 992. The summed E-state index contributed by atoms with van der Waals surface area (Å²) in [5.74, 6) is 0.320. The molecule has 2 aromatic carbocycles. The summed E-state index contributed by atoms with van der Waals surface area (Å²) in [7, 11) is 1.57. The Kier molecular flexibility index (Phi) is 5.07. The Labute approximate surface area is 152 Å². The lowest BCUT2D eigenvalue weighted by atomic mass is 10.1. The topological polar surface area (TPSA) is 62.4 Å². The molecule has 0 fully saturated rings. The van der Waals surface area contributed by atoms with E-state index in [2.05, 4.69) is 4.98 Å². The molecule has 1 amide bonds. The molecule has 1 aromatic heterocycles. The van der Waals surface area contributed by atoms with Crippen molar-refractivity contribution in [2.45, 2.75) is 20.4 Å². The van der Waals surface area contributed by atoms with Crippen molar-refractivity contribution in [2.75, 3.05) is 12.0 Å². The third-order valence-corrected chi connectivity index (χ3v) is 4.29. The van der Waals surface area contributed by atoms with E-state index in [1.807, 2.05) is 62.4 Å². The third-order valence-electron chi connectivity index (χ3n) is 4.29. The predicted octanol–water partition coefficient (Wildman–Crippen LogP) is 3.73. The molecule has 0 unspecified atom stereocenters. The number of fused-ring (bicyclic) bond motifs is 1. The van der Waals surface area contributed by atoms with Crippen LogP contribution in [0.15, 0.2) is 59.4 Å². The highest BCUT2D eigenvalue weighted by atomic mass is 16.5. The molecule has 0 spiro atoms. The molecule has 134 valence electrons.